The second-order valence-corrected chi connectivity index (χ2v) is 4.33. The van der Waals surface area contributed by atoms with E-state index in [1.807, 2.05) is 0 Å². The highest BCUT2D eigenvalue weighted by Crippen LogP contribution is 2.14. The molecule has 6 nitrogen and oxygen atoms in total. The largest absolute Gasteiger partial charge is 0.462 e. The molecular formula is C12H18O6. The number of cyclic esters (lactones) is 1. The predicted octanol–water partition coefficient (Wildman–Crippen LogP) is -0.0784. The molecule has 6 heteroatoms. The molecule has 0 radical (unpaired) electrons. The Hall–Kier alpha value is -1.40. The van der Waals surface area contributed by atoms with E-state index in [0.29, 0.717) is 6.42 Å². The van der Waals surface area contributed by atoms with E-state index in [9.17, 15) is 19.8 Å². The van der Waals surface area contributed by atoms with Crippen LogP contribution in [-0.4, -0.2) is 46.6 Å². The second kappa shape index (κ2) is 6.51. The fourth-order valence-corrected chi connectivity index (χ4v) is 1.68. The van der Waals surface area contributed by atoms with E-state index in [2.05, 4.69) is 0 Å². The van der Waals surface area contributed by atoms with Crippen molar-refractivity contribution in [2.45, 2.75) is 51.1 Å². The number of esters is 2. The number of carbonyl (C=O) groups is 2. The minimum atomic E-state index is -1.22. The maximum atomic E-state index is 11.4. The zero-order valence-electron chi connectivity index (χ0n) is 10.4. The Kier molecular flexibility index (Phi) is 5.30. The van der Waals surface area contributed by atoms with Crippen LogP contribution in [0.2, 0.25) is 0 Å². The van der Waals surface area contributed by atoms with E-state index < -0.39 is 36.4 Å². The summed E-state index contributed by atoms with van der Waals surface area (Å²) in [4.78, 5) is 22.3. The number of hydrogen-bond acceptors (Lipinski definition) is 6. The first kappa shape index (κ1) is 14.7. The van der Waals surface area contributed by atoms with Crippen molar-refractivity contribution in [1.29, 1.82) is 0 Å². The molecule has 0 aromatic rings. The third kappa shape index (κ3) is 4.85. The number of rotatable bonds is 1. The Morgan fingerprint density at radius 3 is 2.72 bits per heavy atom. The van der Waals surface area contributed by atoms with Crippen molar-refractivity contribution in [3.8, 4) is 0 Å². The van der Waals surface area contributed by atoms with Gasteiger partial charge in [-0.1, -0.05) is 6.08 Å². The molecule has 0 bridgehead atoms. The summed E-state index contributed by atoms with van der Waals surface area (Å²) in [5.74, 6) is -1.05. The molecule has 18 heavy (non-hydrogen) atoms. The normalized spacial score (nSPS) is 33.7. The van der Waals surface area contributed by atoms with Gasteiger partial charge in [-0.05, 0) is 13.0 Å². The van der Waals surface area contributed by atoms with Gasteiger partial charge in [0.15, 0.2) is 0 Å². The lowest BCUT2D eigenvalue weighted by Gasteiger charge is -2.22. The monoisotopic (exact) mass is 258 g/mol. The van der Waals surface area contributed by atoms with E-state index in [1.165, 1.54) is 19.1 Å². The first-order valence-electron chi connectivity index (χ1n) is 5.79. The molecule has 0 spiro atoms. The Balaban J connectivity index is 2.80. The molecule has 1 aliphatic heterocycles. The van der Waals surface area contributed by atoms with Crippen LogP contribution in [-0.2, 0) is 19.1 Å². The number of hydrogen-bond donors (Lipinski definition) is 2. The average molecular weight is 258 g/mol. The topological polar surface area (TPSA) is 93.1 Å². The highest BCUT2D eigenvalue weighted by Gasteiger charge is 2.24. The zero-order valence-corrected chi connectivity index (χ0v) is 10.4. The van der Waals surface area contributed by atoms with E-state index in [1.54, 1.807) is 6.92 Å². The van der Waals surface area contributed by atoms with Crippen LogP contribution in [0, 0.1) is 0 Å². The molecule has 4 atom stereocenters. The van der Waals surface area contributed by atoms with E-state index in [-0.39, 0.29) is 6.42 Å². The van der Waals surface area contributed by atoms with Crippen LogP contribution in [0.5, 0.6) is 0 Å². The molecule has 102 valence electrons. The molecule has 1 heterocycles. The minimum absolute atomic E-state index is 0.270. The summed E-state index contributed by atoms with van der Waals surface area (Å²) in [6, 6.07) is 0. The van der Waals surface area contributed by atoms with Crippen molar-refractivity contribution in [2.75, 3.05) is 0 Å². The molecule has 0 saturated heterocycles. The Morgan fingerprint density at radius 2 is 2.11 bits per heavy atom. The number of ether oxygens (including phenoxy) is 2. The molecule has 0 aromatic carbocycles. The fourth-order valence-electron chi connectivity index (χ4n) is 1.68. The van der Waals surface area contributed by atoms with Gasteiger partial charge in [0.1, 0.15) is 12.2 Å². The van der Waals surface area contributed by atoms with Crippen molar-refractivity contribution in [2.24, 2.45) is 0 Å². The van der Waals surface area contributed by atoms with Gasteiger partial charge in [-0.25, -0.2) is 0 Å². The molecule has 0 aromatic heterocycles. The lowest BCUT2D eigenvalue weighted by atomic mass is 10.1. The predicted molar refractivity (Wildman–Crippen MR) is 61.5 cm³/mol. The standard InChI is InChI=1S/C12H18O6/c1-7-5-9(18-8(2)13)3-4-10(14)11(15)6-12(16)17-7/h3-4,7,9-11,14-15H,5-6H2,1-2H3. The molecule has 0 fully saturated rings. The number of aliphatic hydroxyl groups is 2. The van der Waals surface area contributed by atoms with Gasteiger partial charge < -0.3 is 19.7 Å². The smallest absolute Gasteiger partial charge is 0.308 e. The quantitative estimate of drug-likeness (QED) is 0.505. The van der Waals surface area contributed by atoms with Crippen LogP contribution in [0.4, 0.5) is 0 Å². The SMILES string of the molecule is CC(=O)OC1C=CC(O)C(O)CC(=O)OC(C)C1. The van der Waals surface area contributed by atoms with Crippen molar-refractivity contribution < 1.29 is 29.3 Å². The number of carbonyl (C=O) groups excluding carboxylic acids is 2. The summed E-state index contributed by atoms with van der Waals surface area (Å²) in [7, 11) is 0. The van der Waals surface area contributed by atoms with Gasteiger partial charge in [0.2, 0.25) is 0 Å². The maximum Gasteiger partial charge on any atom is 0.308 e. The van der Waals surface area contributed by atoms with Gasteiger partial charge in [-0.15, -0.1) is 0 Å². The summed E-state index contributed by atoms with van der Waals surface area (Å²) in [5, 5.41) is 19.1. The van der Waals surface area contributed by atoms with Crippen LogP contribution in [0.3, 0.4) is 0 Å². The van der Waals surface area contributed by atoms with Crippen LogP contribution < -0.4 is 0 Å². The lowest BCUT2D eigenvalue weighted by Crippen LogP contribution is -2.32. The van der Waals surface area contributed by atoms with Crippen LogP contribution in [0.15, 0.2) is 12.2 Å². The van der Waals surface area contributed by atoms with Gasteiger partial charge in [0.25, 0.3) is 0 Å². The van der Waals surface area contributed by atoms with Gasteiger partial charge in [-0.2, -0.15) is 0 Å². The Labute approximate surface area is 105 Å². The lowest BCUT2D eigenvalue weighted by molar-refractivity contribution is -0.154. The van der Waals surface area contributed by atoms with Crippen molar-refractivity contribution in [1.82, 2.24) is 0 Å². The summed E-state index contributed by atoms with van der Waals surface area (Å²) in [6.07, 6.45) is -0.590. The molecule has 0 aliphatic carbocycles. The summed E-state index contributed by atoms with van der Waals surface area (Å²) in [5.41, 5.74) is 0. The third-order valence-electron chi connectivity index (χ3n) is 2.51. The first-order chi connectivity index (χ1) is 8.38. The molecule has 2 N–H and O–H groups in total. The van der Waals surface area contributed by atoms with E-state index >= 15 is 0 Å². The highest BCUT2D eigenvalue weighted by molar-refractivity contribution is 5.70. The van der Waals surface area contributed by atoms with Gasteiger partial charge in [0.05, 0.1) is 18.6 Å². The Morgan fingerprint density at radius 1 is 1.44 bits per heavy atom. The maximum absolute atomic E-state index is 11.4. The third-order valence-corrected chi connectivity index (χ3v) is 2.51. The minimum Gasteiger partial charge on any atom is -0.462 e. The molecule has 0 saturated carbocycles. The van der Waals surface area contributed by atoms with Crippen molar-refractivity contribution in [3.63, 3.8) is 0 Å². The molecule has 1 rings (SSSR count). The molecule has 0 amide bonds. The highest BCUT2D eigenvalue weighted by atomic mass is 16.6. The number of aliphatic hydroxyl groups excluding tert-OH is 2. The van der Waals surface area contributed by atoms with E-state index in [4.69, 9.17) is 9.47 Å². The van der Waals surface area contributed by atoms with Crippen LogP contribution >= 0.6 is 0 Å². The van der Waals surface area contributed by atoms with E-state index in [0.717, 1.165) is 0 Å². The zero-order chi connectivity index (χ0) is 13.7. The summed E-state index contributed by atoms with van der Waals surface area (Å²) >= 11 is 0. The second-order valence-electron chi connectivity index (χ2n) is 4.33. The van der Waals surface area contributed by atoms with Crippen LogP contribution in [0.25, 0.3) is 0 Å². The average Bonchev–Trinajstić information content (AvgIpc) is 2.22. The van der Waals surface area contributed by atoms with Crippen molar-refractivity contribution >= 4 is 11.9 Å². The fraction of sp³-hybridized carbons (Fsp3) is 0.667. The molecule has 1 aliphatic rings. The van der Waals surface area contributed by atoms with Gasteiger partial charge in [0, 0.05) is 13.3 Å². The van der Waals surface area contributed by atoms with Gasteiger partial charge in [-0.3, -0.25) is 9.59 Å². The van der Waals surface area contributed by atoms with Crippen LogP contribution in [0.1, 0.15) is 26.7 Å². The molecule has 4 unspecified atom stereocenters. The van der Waals surface area contributed by atoms with Crippen molar-refractivity contribution in [3.05, 3.63) is 12.2 Å². The van der Waals surface area contributed by atoms with Gasteiger partial charge >= 0.3 is 11.9 Å². The first-order valence-corrected chi connectivity index (χ1v) is 5.79. The summed E-state index contributed by atoms with van der Waals surface area (Å²) < 4.78 is 10.0. The summed E-state index contributed by atoms with van der Waals surface area (Å²) in [6.45, 7) is 2.95. The Bertz CT molecular complexity index is 337. The molecular weight excluding hydrogens is 240 g/mol.